The van der Waals surface area contributed by atoms with E-state index in [0.717, 1.165) is 10.8 Å². The van der Waals surface area contributed by atoms with Crippen LogP contribution in [0.5, 0.6) is 5.75 Å². The number of Topliss-reactive ketones (excluding diaryl/α,β-unsaturated/α-hetero) is 1. The Bertz CT molecular complexity index is 604. The highest BCUT2D eigenvalue weighted by atomic mass is 16.5. The lowest BCUT2D eigenvalue weighted by Crippen LogP contribution is -2.18. The number of carbonyl (C=O) groups is 2. The van der Waals surface area contributed by atoms with Crippen LogP contribution in [-0.2, 0) is 14.3 Å². The van der Waals surface area contributed by atoms with Crippen molar-refractivity contribution < 1.29 is 19.1 Å². The standard InChI is InChI=1S/C15H14O4/c1-11(16)18-9-14(17)10-19-15-7-6-12-4-2-3-5-13(12)8-15/h2-8H,9-10H2,1H3. The van der Waals surface area contributed by atoms with Gasteiger partial charge in [0.2, 0.25) is 5.78 Å². The lowest BCUT2D eigenvalue weighted by Gasteiger charge is -2.06. The first kappa shape index (κ1) is 13.1. The molecule has 0 saturated heterocycles. The first-order chi connectivity index (χ1) is 9.15. The van der Waals surface area contributed by atoms with Gasteiger partial charge in [-0.1, -0.05) is 30.3 Å². The normalized spacial score (nSPS) is 10.2. The summed E-state index contributed by atoms with van der Waals surface area (Å²) in [4.78, 5) is 21.9. The Balaban J connectivity index is 1.94. The molecule has 0 unspecified atom stereocenters. The molecule has 0 aliphatic rings. The molecule has 98 valence electrons. The van der Waals surface area contributed by atoms with Gasteiger partial charge < -0.3 is 9.47 Å². The molecule has 0 radical (unpaired) electrons. The number of fused-ring (bicyclic) bond motifs is 1. The first-order valence-electron chi connectivity index (χ1n) is 5.92. The summed E-state index contributed by atoms with van der Waals surface area (Å²) in [6.07, 6.45) is 0. The Hall–Kier alpha value is -2.36. The van der Waals surface area contributed by atoms with E-state index in [0.29, 0.717) is 5.75 Å². The Kier molecular flexibility index (Phi) is 4.13. The average molecular weight is 258 g/mol. The number of hydrogen-bond donors (Lipinski definition) is 0. The van der Waals surface area contributed by atoms with Crippen LogP contribution in [0.4, 0.5) is 0 Å². The highest BCUT2D eigenvalue weighted by Gasteiger charge is 2.05. The van der Waals surface area contributed by atoms with Crippen LogP contribution in [0.1, 0.15) is 6.92 Å². The predicted molar refractivity (Wildman–Crippen MR) is 71.1 cm³/mol. The van der Waals surface area contributed by atoms with Gasteiger partial charge in [0.15, 0.2) is 6.61 Å². The fourth-order valence-corrected chi connectivity index (χ4v) is 1.64. The van der Waals surface area contributed by atoms with Gasteiger partial charge in [0.25, 0.3) is 0 Å². The molecule has 4 nitrogen and oxygen atoms in total. The summed E-state index contributed by atoms with van der Waals surface area (Å²) >= 11 is 0. The van der Waals surface area contributed by atoms with Crippen LogP contribution in [0, 0.1) is 0 Å². The Labute approximate surface area is 110 Å². The fraction of sp³-hybridized carbons (Fsp3) is 0.200. The zero-order valence-electron chi connectivity index (χ0n) is 10.6. The number of rotatable bonds is 5. The molecular weight excluding hydrogens is 244 g/mol. The summed E-state index contributed by atoms with van der Waals surface area (Å²) in [6.45, 7) is 0.909. The van der Waals surface area contributed by atoms with Crippen LogP contribution < -0.4 is 4.74 Å². The van der Waals surface area contributed by atoms with Crippen LogP contribution in [0.2, 0.25) is 0 Å². The highest BCUT2D eigenvalue weighted by Crippen LogP contribution is 2.20. The minimum absolute atomic E-state index is 0.106. The molecule has 2 aromatic carbocycles. The zero-order chi connectivity index (χ0) is 13.7. The highest BCUT2D eigenvalue weighted by molar-refractivity contribution is 5.85. The summed E-state index contributed by atoms with van der Waals surface area (Å²) < 4.78 is 9.96. The van der Waals surface area contributed by atoms with Gasteiger partial charge in [-0.2, -0.15) is 0 Å². The first-order valence-corrected chi connectivity index (χ1v) is 5.92. The summed E-state index contributed by atoms with van der Waals surface area (Å²) in [5.74, 6) is -0.128. The lowest BCUT2D eigenvalue weighted by molar-refractivity contribution is -0.146. The Morgan fingerprint density at radius 3 is 2.47 bits per heavy atom. The summed E-state index contributed by atoms with van der Waals surface area (Å²) in [7, 11) is 0. The zero-order valence-corrected chi connectivity index (χ0v) is 10.6. The smallest absolute Gasteiger partial charge is 0.303 e. The summed E-state index contributed by atoms with van der Waals surface area (Å²) in [6, 6.07) is 13.5. The van der Waals surface area contributed by atoms with Gasteiger partial charge in [-0.05, 0) is 22.9 Å². The van der Waals surface area contributed by atoms with E-state index in [4.69, 9.17) is 4.74 Å². The van der Waals surface area contributed by atoms with E-state index in [1.165, 1.54) is 6.92 Å². The molecule has 0 aliphatic heterocycles. The molecule has 0 saturated carbocycles. The lowest BCUT2D eigenvalue weighted by atomic mass is 10.1. The molecule has 2 aromatic rings. The third-order valence-corrected chi connectivity index (χ3v) is 2.56. The summed E-state index contributed by atoms with van der Waals surface area (Å²) in [5, 5.41) is 2.16. The summed E-state index contributed by atoms with van der Waals surface area (Å²) in [5.41, 5.74) is 0. The van der Waals surface area contributed by atoms with E-state index in [9.17, 15) is 9.59 Å². The van der Waals surface area contributed by atoms with Crippen LogP contribution >= 0.6 is 0 Å². The van der Waals surface area contributed by atoms with Crippen LogP contribution in [-0.4, -0.2) is 25.0 Å². The monoisotopic (exact) mass is 258 g/mol. The minimum atomic E-state index is -0.473. The number of ether oxygens (including phenoxy) is 2. The van der Waals surface area contributed by atoms with Crippen molar-refractivity contribution in [1.82, 2.24) is 0 Å². The predicted octanol–water partition coefficient (Wildman–Crippen LogP) is 2.35. The third-order valence-electron chi connectivity index (χ3n) is 2.56. The molecule has 0 heterocycles. The molecule has 4 heteroatoms. The number of carbonyl (C=O) groups excluding carboxylic acids is 2. The van der Waals surface area contributed by atoms with Crippen LogP contribution in [0.15, 0.2) is 42.5 Å². The second-order valence-corrected chi connectivity index (χ2v) is 4.12. The molecule has 0 atom stereocenters. The second-order valence-electron chi connectivity index (χ2n) is 4.12. The number of hydrogen-bond acceptors (Lipinski definition) is 4. The molecule has 0 aliphatic carbocycles. The van der Waals surface area contributed by atoms with E-state index < -0.39 is 5.97 Å². The minimum Gasteiger partial charge on any atom is -0.486 e. The van der Waals surface area contributed by atoms with Gasteiger partial charge in [0.1, 0.15) is 12.4 Å². The van der Waals surface area contributed by atoms with Crippen molar-refractivity contribution >= 4 is 22.5 Å². The molecule has 0 amide bonds. The van der Waals surface area contributed by atoms with Gasteiger partial charge in [-0.15, -0.1) is 0 Å². The maximum absolute atomic E-state index is 11.4. The molecule has 2 rings (SSSR count). The third kappa shape index (κ3) is 3.81. The maximum atomic E-state index is 11.4. The number of benzene rings is 2. The average Bonchev–Trinajstić information content (AvgIpc) is 2.42. The van der Waals surface area contributed by atoms with Crippen LogP contribution in [0.25, 0.3) is 10.8 Å². The number of esters is 1. The molecule has 0 aromatic heterocycles. The fourth-order valence-electron chi connectivity index (χ4n) is 1.64. The van der Waals surface area contributed by atoms with Gasteiger partial charge in [-0.25, -0.2) is 0 Å². The van der Waals surface area contributed by atoms with Crippen molar-refractivity contribution in [3.05, 3.63) is 42.5 Å². The Morgan fingerprint density at radius 1 is 1.00 bits per heavy atom. The largest absolute Gasteiger partial charge is 0.486 e. The number of ketones is 1. The van der Waals surface area contributed by atoms with Crippen molar-refractivity contribution in [2.45, 2.75) is 6.92 Å². The van der Waals surface area contributed by atoms with Crippen molar-refractivity contribution in [3.8, 4) is 5.75 Å². The Morgan fingerprint density at radius 2 is 1.74 bits per heavy atom. The van der Waals surface area contributed by atoms with E-state index in [-0.39, 0.29) is 19.0 Å². The molecule has 19 heavy (non-hydrogen) atoms. The van der Waals surface area contributed by atoms with E-state index in [2.05, 4.69) is 4.74 Å². The SMILES string of the molecule is CC(=O)OCC(=O)COc1ccc2ccccc2c1. The second kappa shape index (κ2) is 6.00. The van der Waals surface area contributed by atoms with Gasteiger partial charge in [-0.3, -0.25) is 9.59 Å². The van der Waals surface area contributed by atoms with E-state index in [1.54, 1.807) is 6.07 Å². The maximum Gasteiger partial charge on any atom is 0.303 e. The molecule has 0 N–H and O–H groups in total. The van der Waals surface area contributed by atoms with Gasteiger partial charge in [0.05, 0.1) is 0 Å². The topological polar surface area (TPSA) is 52.6 Å². The van der Waals surface area contributed by atoms with E-state index >= 15 is 0 Å². The van der Waals surface area contributed by atoms with E-state index in [1.807, 2.05) is 36.4 Å². The van der Waals surface area contributed by atoms with Gasteiger partial charge in [0, 0.05) is 6.92 Å². The van der Waals surface area contributed by atoms with Crippen molar-refractivity contribution in [3.63, 3.8) is 0 Å². The van der Waals surface area contributed by atoms with Crippen molar-refractivity contribution in [2.24, 2.45) is 0 Å². The quantitative estimate of drug-likeness (QED) is 0.772. The molecular formula is C15H14O4. The van der Waals surface area contributed by atoms with Crippen molar-refractivity contribution in [2.75, 3.05) is 13.2 Å². The molecule has 0 spiro atoms. The van der Waals surface area contributed by atoms with Crippen LogP contribution in [0.3, 0.4) is 0 Å². The molecule has 0 bridgehead atoms. The molecule has 0 fully saturated rings. The van der Waals surface area contributed by atoms with Gasteiger partial charge >= 0.3 is 5.97 Å². The van der Waals surface area contributed by atoms with Crippen molar-refractivity contribution in [1.29, 1.82) is 0 Å².